The third kappa shape index (κ3) is 4.58. The molecule has 0 saturated carbocycles. The molecule has 118 valence electrons. The predicted molar refractivity (Wildman–Crippen MR) is 91.1 cm³/mol. The molecular weight excluding hydrogens is 282 g/mol. The number of pyridine rings is 1. The topological polar surface area (TPSA) is 28.2 Å². The normalized spacial score (nSPS) is 19.6. The molecule has 0 spiro atoms. The number of hydrogen-bond donors (Lipinski definition) is 1. The highest BCUT2D eigenvalue weighted by Gasteiger charge is 2.21. The van der Waals surface area contributed by atoms with Gasteiger partial charge in [0.05, 0.1) is 10.7 Å². The van der Waals surface area contributed by atoms with E-state index in [4.69, 9.17) is 16.6 Å². The number of nitrogens with zero attached hydrogens (tertiary/aromatic N) is 2. The summed E-state index contributed by atoms with van der Waals surface area (Å²) < 4.78 is 0. The van der Waals surface area contributed by atoms with E-state index in [1.54, 1.807) is 0 Å². The monoisotopic (exact) mass is 309 g/mol. The van der Waals surface area contributed by atoms with Gasteiger partial charge in [-0.1, -0.05) is 38.3 Å². The van der Waals surface area contributed by atoms with E-state index in [0.29, 0.717) is 6.04 Å². The first-order chi connectivity index (χ1) is 10.3. The molecule has 1 aliphatic rings. The Morgan fingerprint density at radius 2 is 2.14 bits per heavy atom. The molecule has 1 aliphatic heterocycles. The number of anilines is 1. The van der Waals surface area contributed by atoms with Crippen LogP contribution in [0, 0.1) is 0 Å². The molecule has 1 aromatic heterocycles. The van der Waals surface area contributed by atoms with E-state index < -0.39 is 0 Å². The SMILES string of the molecule is CCCNCc1nc(N2CCCCCC2CC)ccc1Cl. The smallest absolute Gasteiger partial charge is 0.129 e. The summed E-state index contributed by atoms with van der Waals surface area (Å²) in [6, 6.07) is 4.71. The molecule has 3 nitrogen and oxygen atoms in total. The van der Waals surface area contributed by atoms with E-state index in [2.05, 4.69) is 30.1 Å². The van der Waals surface area contributed by atoms with Crippen molar-refractivity contribution in [3.05, 3.63) is 22.8 Å². The molecule has 1 unspecified atom stereocenters. The van der Waals surface area contributed by atoms with Crippen LogP contribution in [0.3, 0.4) is 0 Å². The molecule has 1 fully saturated rings. The zero-order valence-electron chi connectivity index (χ0n) is 13.4. The van der Waals surface area contributed by atoms with Gasteiger partial charge in [0.25, 0.3) is 0 Å². The molecule has 0 radical (unpaired) electrons. The van der Waals surface area contributed by atoms with Crippen molar-refractivity contribution in [1.29, 1.82) is 0 Å². The maximum atomic E-state index is 6.30. The van der Waals surface area contributed by atoms with E-state index in [9.17, 15) is 0 Å². The Balaban J connectivity index is 2.15. The average Bonchev–Trinajstić information content (AvgIpc) is 2.74. The van der Waals surface area contributed by atoms with Gasteiger partial charge in [0.1, 0.15) is 5.82 Å². The molecule has 1 aromatic rings. The zero-order valence-corrected chi connectivity index (χ0v) is 14.1. The summed E-state index contributed by atoms with van der Waals surface area (Å²) in [7, 11) is 0. The van der Waals surface area contributed by atoms with Crippen molar-refractivity contribution in [3.8, 4) is 0 Å². The van der Waals surface area contributed by atoms with Gasteiger partial charge >= 0.3 is 0 Å². The lowest BCUT2D eigenvalue weighted by atomic mass is 10.1. The first-order valence-corrected chi connectivity index (χ1v) is 8.76. The van der Waals surface area contributed by atoms with Crippen molar-refractivity contribution in [2.24, 2.45) is 0 Å². The molecule has 0 bridgehead atoms. The van der Waals surface area contributed by atoms with Gasteiger partial charge in [-0.3, -0.25) is 0 Å². The molecule has 1 N–H and O–H groups in total. The summed E-state index contributed by atoms with van der Waals surface area (Å²) in [6.45, 7) is 7.33. The minimum Gasteiger partial charge on any atom is -0.354 e. The van der Waals surface area contributed by atoms with Crippen LogP contribution < -0.4 is 10.2 Å². The van der Waals surface area contributed by atoms with Gasteiger partial charge in [-0.2, -0.15) is 0 Å². The molecule has 1 atom stereocenters. The number of rotatable bonds is 6. The third-order valence-electron chi connectivity index (χ3n) is 4.27. The lowest BCUT2D eigenvalue weighted by Crippen LogP contribution is -2.35. The van der Waals surface area contributed by atoms with E-state index in [-0.39, 0.29) is 0 Å². The summed E-state index contributed by atoms with van der Waals surface area (Å²) in [5.41, 5.74) is 0.974. The summed E-state index contributed by atoms with van der Waals surface area (Å²) in [5.74, 6) is 1.10. The van der Waals surface area contributed by atoms with Crippen molar-refractivity contribution in [3.63, 3.8) is 0 Å². The molecule has 1 saturated heterocycles. The van der Waals surface area contributed by atoms with Gasteiger partial charge in [-0.15, -0.1) is 0 Å². The van der Waals surface area contributed by atoms with Gasteiger partial charge in [0, 0.05) is 19.1 Å². The lowest BCUT2D eigenvalue weighted by molar-refractivity contribution is 0.551. The summed E-state index contributed by atoms with van der Waals surface area (Å²) in [6.07, 6.45) is 7.54. The zero-order chi connectivity index (χ0) is 15.1. The van der Waals surface area contributed by atoms with Crippen molar-refractivity contribution in [1.82, 2.24) is 10.3 Å². The Bertz CT molecular complexity index is 436. The lowest BCUT2D eigenvalue weighted by Gasteiger charge is -2.30. The Hall–Kier alpha value is -0.800. The van der Waals surface area contributed by atoms with Crippen molar-refractivity contribution in [2.45, 2.75) is 65.0 Å². The van der Waals surface area contributed by atoms with Crippen LogP contribution in [0.5, 0.6) is 0 Å². The molecule has 2 heterocycles. The first kappa shape index (κ1) is 16.6. The maximum absolute atomic E-state index is 6.30. The highest BCUT2D eigenvalue weighted by molar-refractivity contribution is 6.31. The molecule has 21 heavy (non-hydrogen) atoms. The highest BCUT2D eigenvalue weighted by Crippen LogP contribution is 2.26. The van der Waals surface area contributed by atoms with Crippen LogP contribution in [0.25, 0.3) is 0 Å². The highest BCUT2D eigenvalue weighted by atomic mass is 35.5. The predicted octanol–water partition coefficient (Wildman–Crippen LogP) is 4.39. The Morgan fingerprint density at radius 1 is 1.29 bits per heavy atom. The minimum atomic E-state index is 0.623. The number of aromatic nitrogens is 1. The largest absolute Gasteiger partial charge is 0.354 e. The fourth-order valence-corrected chi connectivity index (χ4v) is 3.22. The summed E-state index contributed by atoms with van der Waals surface area (Å²) in [4.78, 5) is 7.33. The van der Waals surface area contributed by atoms with Crippen LogP contribution in [-0.2, 0) is 6.54 Å². The van der Waals surface area contributed by atoms with Crippen LogP contribution in [0.1, 0.15) is 58.1 Å². The maximum Gasteiger partial charge on any atom is 0.129 e. The second-order valence-electron chi connectivity index (χ2n) is 5.88. The van der Waals surface area contributed by atoms with Gasteiger partial charge in [-0.25, -0.2) is 4.98 Å². The quantitative estimate of drug-likeness (QED) is 0.790. The summed E-state index contributed by atoms with van der Waals surface area (Å²) in [5, 5.41) is 4.16. The van der Waals surface area contributed by atoms with Crippen LogP contribution in [0.2, 0.25) is 5.02 Å². The van der Waals surface area contributed by atoms with E-state index >= 15 is 0 Å². The number of nitrogens with one attached hydrogen (secondary N) is 1. The van der Waals surface area contributed by atoms with E-state index in [0.717, 1.165) is 42.6 Å². The van der Waals surface area contributed by atoms with Crippen molar-refractivity contribution >= 4 is 17.4 Å². The third-order valence-corrected chi connectivity index (χ3v) is 4.61. The molecule has 2 rings (SSSR count). The van der Waals surface area contributed by atoms with Crippen LogP contribution in [-0.4, -0.2) is 24.1 Å². The second-order valence-corrected chi connectivity index (χ2v) is 6.29. The molecular formula is C17H28ClN3. The molecule has 0 amide bonds. The van der Waals surface area contributed by atoms with E-state index in [1.807, 2.05) is 6.07 Å². The van der Waals surface area contributed by atoms with Gasteiger partial charge in [0.2, 0.25) is 0 Å². The average molecular weight is 310 g/mol. The van der Waals surface area contributed by atoms with E-state index in [1.165, 1.54) is 32.1 Å². The minimum absolute atomic E-state index is 0.623. The van der Waals surface area contributed by atoms with Gasteiger partial charge < -0.3 is 10.2 Å². The summed E-state index contributed by atoms with van der Waals surface area (Å²) >= 11 is 6.30. The van der Waals surface area contributed by atoms with Crippen LogP contribution >= 0.6 is 11.6 Å². The van der Waals surface area contributed by atoms with Crippen LogP contribution in [0.4, 0.5) is 5.82 Å². The molecule has 0 aliphatic carbocycles. The fourth-order valence-electron chi connectivity index (χ4n) is 3.04. The number of hydrogen-bond acceptors (Lipinski definition) is 3. The first-order valence-electron chi connectivity index (χ1n) is 8.39. The fraction of sp³-hybridized carbons (Fsp3) is 0.706. The molecule has 0 aromatic carbocycles. The second kappa shape index (κ2) is 8.60. The Morgan fingerprint density at radius 3 is 2.90 bits per heavy atom. The number of halogens is 1. The Kier molecular flexibility index (Phi) is 6.78. The molecule has 4 heteroatoms. The van der Waals surface area contributed by atoms with Crippen LogP contribution in [0.15, 0.2) is 12.1 Å². The van der Waals surface area contributed by atoms with Crippen molar-refractivity contribution < 1.29 is 0 Å². The van der Waals surface area contributed by atoms with Gasteiger partial charge in [-0.05, 0) is 44.4 Å². The standard InChI is InChI=1S/C17H28ClN3/c1-3-11-19-13-16-15(18)9-10-17(20-16)21-12-7-5-6-8-14(21)4-2/h9-10,14,19H,3-8,11-13H2,1-2H3. The van der Waals surface area contributed by atoms with Gasteiger partial charge in [0.15, 0.2) is 0 Å². The van der Waals surface area contributed by atoms with Crippen molar-refractivity contribution in [2.75, 3.05) is 18.0 Å². The Labute approximate surface area is 134 Å².